The number of nitrogens with one attached hydrogen (secondary N) is 1. The molecule has 2 amide bonds. The van der Waals surface area contributed by atoms with E-state index in [1.165, 1.54) is 4.90 Å². The lowest BCUT2D eigenvalue weighted by molar-refractivity contribution is -0.140. The maximum Gasteiger partial charge on any atom is 0.244 e. The quantitative estimate of drug-likeness (QED) is 0.272. The highest BCUT2D eigenvalue weighted by Crippen LogP contribution is 2.29. The number of para-hydroxylation sites is 1. The number of nitrogens with zero attached hydrogens (tertiary/aromatic N) is 2. The van der Waals surface area contributed by atoms with Crippen LogP contribution in [0, 0.1) is 0 Å². The highest BCUT2D eigenvalue weighted by molar-refractivity contribution is 9.10. The second kappa shape index (κ2) is 14.2. The molecule has 0 fully saturated rings. The Morgan fingerprint density at radius 1 is 1.00 bits per heavy atom. The summed E-state index contributed by atoms with van der Waals surface area (Å²) in [5, 5.41) is 3.66. The van der Waals surface area contributed by atoms with Crippen LogP contribution in [0.15, 0.2) is 77.3 Å². The fourth-order valence-corrected chi connectivity index (χ4v) is 5.95. The summed E-state index contributed by atoms with van der Waals surface area (Å²) < 4.78 is 27.2. The van der Waals surface area contributed by atoms with Gasteiger partial charge in [0.2, 0.25) is 21.8 Å². The third-order valence-corrected chi connectivity index (χ3v) is 8.36. The number of carbonyl (C=O) groups excluding carboxylic acids is 2. The Balaban J connectivity index is 2.08. The minimum absolute atomic E-state index is 0.0283. The molecule has 0 saturated heterocycles. The fourth-order valence-electron chi connectivity index (χ4n) is 4.00. The van der Waals surface area contributed by atoms with Crippen LogP contribution < -0.4 is 9.62 Å². The molecule has 7 nitrogen and oxygen atoms in total. The van der Waals surface area contributed by atoms with Crippen molar-refractivity contribution >= 4 is 66.7 Å². The van der Waals surface area contributed by atoms with Crippen molar-refractivity contribution in [3.05, 3.63) is 98.4 Å². The molecule has 1 N–H and O–H groups in total. The SMILES string of the molecule is CCCNC(=O)C(Cc1ccccc1)N(Cc1ccc(Cl)cc1Cl)C(=O)CN(c1ccccc1Br)S(C)(=O)=O. The molecular formula is C28H30BrCl2N3O4S. The van der Waals surface area contributed by atoms with Crippen molar-refractivity contribution < 1.29 is 18.0 Å². The van der Waals surface area contributed by atoms with Crippen molar-refractivity contribution in [1.82, 2.24) is 10.2 Å². The van der Waals surface area contributed by atoms with E-state index in [-0.39, 0.29) is 18.9 Å². The normalized spacial score (nSPS) is 12.0. The van der Waals surface area contributed by atoms with Crippen molar-refractivity contribution in [1.29, 1.82) is 0 Å². The van der Waals surface area contributed by atoms with Gasteiger partial charge in [-0.25, -0.2) is 8.42 Å². The van der Waals surface area contributed by atoms with Gasteiger partial charge in [0.15, 0.2) is 0 Å². The zero-order valence-electron chi connectivity index (χ0n) is 21.6. The molecule has 0 aromatic heterocycles. The van der Waals surface area contributed by atoms with Crippen molar-refractivity contribution in [2.75, 3.05) is 23.7 Å². The third kappa shape index (κ3) is 8.70. The maximum absolute atomic E-state index is 14.0. The van der Waals surface area contributed by atoms with Crippen LogP contribution >= 0.6 is 39.1 Å². The molecule has 0 spiro atoms. The van der Waals surface area contributed by atoms with E-state index in [0.29, 0.717) is 38.7 Å². The molecule has 3 rings (SSSR count). The predicted molar refractivity (Wildman–Crippen MR) is 161 cm³/mol. The number of halogens is 3. The van der Waals surface area contributed by atoms with Gasteiger partial charge in [-0.2, -0.15) is 0 Å². The molecule has 11 heteroatoms. The Morgan fingerprint density at radius 2 is 1.67 bits per heavy atom. The Kier molecular flexibility index (Phi) is 11.2. The van der Waals surface area contributed by atoms with Crippen LogP contribution in [0.25, 0.3) is 0 Å². The maximum atomic E-state index is 14.0. The predicted octanol–water partition coefficient (Wildman–Crippen LogP) is 5.69. The first-order valence-corrected chi connectivity index (χ1v) is 15.7. The number of hydrogen-bond donors (Lipinski definition) is 1. The van der Waals surface area contributed by atoms with E-state index in [2.05, 4.69) is 21.2 Å². The van der Waals surface area contributed by atoms with E-state index in [1.54, 1.807) is 42.5 Å². The molecule has 3 aromatic rings. The number of rotatable bonds is 12. The van der Waals surface area contributed by atoms with Crippen molar-refractivity contribution in [3.8, 4) is 0 Å². The molecule has 0 saturated carbocycles. The van der Waals surface area contributed by atoms with Gasteiger partial charge in [-0.1, -0.05) is 78.7 Å². The summed E-state index contributed by atoms with van der Waals surface area (Å²) >= 11 is 15.9. The van der Waals surface area contributed by atoms with Crippen LogP contribution in [0.2, 0.25) is 10.0 Å². The molecular weight excluding hydrogens is 625 g/mol. The Bertz CT molecular complexity index is 1410. The van der Waals surface area contributed by atoms with Crippen LogP contribution in [-0.4, -0.2) is 50.5 Å². The zero-order chi connectivity index (χ0) is 28.6. The molecule has 208 valence electrons. The molecule has 0 aliphatic rings. The molecule has 0 radical (unpaired) electrons. The fraction of sp³-hybridized carbons (Fsp3) is 0.286. The first-order valence-electron chi connectivity index (χ1n) is 12.3. The lowest BCUT2D eigenvalue weighted by Gasteiger charge is -2.34. The average molecular weight is 655 g/mol. The number of sulfonamides is 1. The Morgan fingerprint density at radius 3 is 2.28 bits per heavy atom. The summed E-state index contributed by atoms with van der Waals surface area (Å²) in [6.45, 7) is 1.82. The monoisotopic (exact) mass is 653 g/mol. The molecule has 0 heterocycles. The van der Waals surface area contributed by atoms with E-state index < -0.39 is 28.5 Å². The Labute approximate surface area is 248 Å². The smallest absolute Gasteiger partial charge is 0.244 e. The minimum Gasteiger partial charge on any atom is -0.354 e. The first-order chi connectivity index (χ1) is 18.5. The van der Waals surface area contributed by atoms with E-state index >= 15 is 0 Å². The van der Waals surface area contributed by atoms with Crippen molar-refractivity contribution in [2.24, 2.45) is 0 Å². The number of amides is 2. The molecule has 3 aromatic carbocycles. The second-order valence-electron chi connectivity index (χ2n) is 8.97. The zero-order valence-corrected chi connectivity index (χ0v) is 25.5. The first kappa shape index (κ1) is 30.9. The van der Waals surface area contributed by atoms with Crippen LogP contribution in [0.3, 0.4) is 0 Å². The topological polar surface area (TPSA) is 86.8 Å². The van der Waals surface area contributed by atoms with E-state index in [9.17, 15) is 18.0 Å². The average Bonchev–Trinajstić information content (AvgIpc) is 2.89. The van der Waals surface area contributed by atoms with Gasteiger partial charge in [-0.3, -0.25) is 13.9 Å². The van der Waals surface area contributed by atoms with E-state index in [4.69, 9.17) is 23.2 Å². The van der Waals surface area contributed by atoms with E-state index in [0.717, 1.165) is 16.1 Å². The highest BCUT2D eigenvalue weighted by Gasteiger charge is 2.33. The van der Waals surface area contributed by atoms with Crippen LogP contribution in [0.4, 0.5) is 5.69 Å². The molecule has 0 aliphatic heterocycles. The van der Waals surface area contributed by atoms with Crippen LogP contribution in [0.5, 0.6) is 0 Å². The summed E-state index contributed by atoms with van der Waals surface area (Å²) in [5.74, 6) is -0.902. The van der Waals surface area contributed by atoms with Crippen LogP contribution in [0.1, 0.15) is 24.5 Å². The standard InChI is InChI=1S/C28H30BrCl2N3O4S/c1-3-15-32-28(36)26(16-20-9-5-4-6-10-20)33(18-21-13-14-22(30)17-24(21)31)27(35)19-34(39(2,37)38)25-12-8-7-11-23(25)29/h4-14,17,26H,3,15-16,18-19H2,1-2H3,(H,32,36). The van der Waals surface area contributed by atoms with Crippen molar-refractivity contribution in [2.45, 2.75) is 32.4 Å². The molecule has 1 atom stereocenters. The lowest BCUT2D eigenvalue weighted by atomic mass is 10.0. The minimum atomic E-state index is -3.86. The summed E-state index contributed by atoms with van der Waals surface area (Å²) in [7, 11) is -3.86. The lowest BCUT2D eigenvalue weighted by Crippen LogP contribution is -2.53. The van der Waals surface area contributed by atoms with Gasteiger partial charge in [0, 0.05) is 34.0 Å². The second-order valence-corrected chi connectivity index (χ2v) is 12.6. The molecule has 39 heavy (non-hydrogen) atoms. The Hall–Kier alpha value is -2.59. The number of carbonyl (C=O) groups is 2. The van der Waals surface area contributed by atoms with Crippen molar-refractivity contribution in [3.63, 3.8) is 0 Å². The third-order valence-electron chi connectivity index (χ3n) is 5.98. The van der Waals surface area contributed by atoms with Gasteiger partial charge >= 0.3 is 0 Å². The largest absolute Gasteiger partial charge is 0.354 e. The van der Waals surface area contributed by atoms with Gasteiger partial charge in [0.05, 0.1) is 11.9 Å². The molecule has 0 aliphatic carbocycles. The molecule has 0 bridgehead atoms. The number of benzene rings is 3. The summed E-state index contributed by atoms with van der Waals surface area (Å²) in [4.78, 5) is 28.9. The number of anilines is 1. The van der Waals surface area contributed by atoms with Gasteiger partial charge in [-0.15, -0.1) is 0 Å². The highest BCUT2D eigenvalue weighted by atomic mass is 79.9. The van der Waals surface area contributed by atoms with Crippen LogP contribution in [-0.2, 0) is 32.6 Å². The molecule has 1 unspecified atom stereocenters. The number of hydrogen-bond acceptors (Lipinski definition) is 4. The summed E-state index contributed by atoms with van der Waals surface area (Å²) in [5.41, 5.74) is 1.73. The van der Waals surface area contributed by atoms with Gasteiger partial charge in [0.1, 0.15) is 12.6 Å². The summed E-state index contributed by atoms with van der Waals surface area (Å²) in [6, 6.07) is 20.0. The summed E-state index contributed by atoms with van der Waals surface area (Å²) in [6.07, 6.45) is 1.97. The van der Waals surface area contributed by atoms with Gasteiger partial charge < -0.3 is 10.2 Å². The van der Waals surface area contributed by atoms with Gasteiger partial charge in [0.25, 0.3) is 0 Å². The van der Waals surface area contributed by atoms with E-state index in [1.807, 2.05) is 37.3 Å². The van der Waals surface area contributed by atoms with Gasteiger partial charge in [-0.05, 0) is 57.7 Å².